The smallest absolute Gasteiger partial charge is 0.347 e. The third-order valence-electron chi connectivity index (χ3n) is 2.21. The molecular formula is C8H13F2NOS. The Bertz CT molecular complexity index is 187. The van der Waals surface area contributed by atoms with Crippen LogP contribution in [0.4, 0.5) is 8.78 Å². The normalized spacial score (nSPS) is 19.9. The standard InChI is InChI=1S/C8H13F2NOS/c9-8(10,13)7(12)11-6-4-2-1-3-5-6/h6,13H,1-5H2,(H,11,12). The van der Waals surface area contributed by atoms with E-state index in [2.05, 4.69) is 17.9 Å². The van der Waals surface area contributed by atoms with Crippen molar-refractivity contribution < 1.29 is 13.6 Å². The SMILES string of the molecule is O=C(NC1CCCCC1)C(F)(F)S. The molecule has 0 aliphatic heterocycles. The minimum Gasteiger partial charge on any atom is -0.347 e. The van der Waals surface area contributed by atoms with E-state index in [1.54, 1.807) is 0 Å². The highest BCUT2D eigenvalue weighted by atomic mass is 32.1. The first kappa shape index (κ1) is 10.8. The molecule has 5 heteroatoms. The number of nitrogens with one attached hydrogen (secondary N) is 1. The molecule has 0 aromatic heterocycles. The number of halogens is 2. The molecule has 0 unspecified atom stereocenters. The molecule has 76 valence electrons. The molecule has 1 saturated carbocycles. The van der Waals surface area contributed by atoms with Gasteiger partial charge >= 0.3 is 11.2 Å². The van der Waals surface area contributed by atoms with E-state index in [1.165, 1.54) is 0 Å². The minimum absolute atomic E-state index is 0.0840. The fourth-order valence-electron chi connectivity index (χ4n) is 1.52. The highest BCUT2D eigenvalue weighted by Gasteiger charge is 2.35. The number of thiol groups is 1. The van der Waals surface area contributed by atoms with Crippen molar-refractivity contribution in [2.24, 2.45) is 0 Å². The monoisotopic (exact) mass is 209 g/mol. The van der Waals surface area contributed by atoms with Crippen LogP contribution in [0.1, 0.15) is 32.1 Å². The van der Waals surface area contributed by atoms with Crippen molar-refractivity contribution in [2.75, 3.05) is 0 Å². The summed E-state index contributed by atoms with van der Waals surface area (Å²) in [6.45, 7) is 0. The zero-order chi connectivity index (χ0) is 9.90. The van der Waals surface area contributed by atoms with Gasteiger partial charge in [0.25, 0.3) is 0 Å². The number of carbonyl (C=O) groups excluding carboxylic acids is 1. The fourth-order valence-corrected chi connectivity index (χ4v) is 1.58. The lowest BCUT2D eigenvalue weighted by molar-refractivity contribution is -0.135. The maximum Gasteiger partial charge on any atom is 0.367 e. The number of alkyl halides is 2. The molecule has 1 fully saturated rings. The minimum atomic E-state index is -3.54. The number of amides is 1. The Morgan fingerprint density at radius 3 is 2.31 bits per heavy atom. The summed E-state index contributed by atoms with van der Waals surface area (Å²) in [5.41, 5.74) is 0. The second-order valence-electron chi connectivity index (χ2n) is 3.35. The zero-order valence-electron chi connectivity index (χ0n) is 7.22. The lowest BCUT2D eigenvalue weighted by atomic mass is 9.95. The summed E-state index contributed by atoms with van der Waals surface area (Å²) >= 11 is 2.90. The van der Waals surface area contributed by atoms with Gasteiger partial charge in [0.2, 0.25) is 0 Å². The van der Waals surface area contributed by atoms with Crippen LogP contribution in [-0.2, 0) is 4.79 Å². The van der Waals surface area contributed by atoms with Gasteiger partial charge in [-0.3, -0.25) is 4.79 Å². The van der Waals surface area contributed by atoms with Crippen molar-refractivity contribution >= 4 is 18.5 Å². The second-order valence-corrected chi connectivity index (χ2v) is 3.91. The van der Waals surface area contributed by atoms with Gasteiger partial charge in [-0.25, -0.2) is 0 Å². The summed E-state index contributed by atoms with van der Waals surface area (Å²) in [5.74, 6) is -1.28. The Balaban J connectivity index is 2.35. The molecule has 0 saturated heterocycles. The van der Waals surface area contributed by atoms with Crippen LogP contribution >= 0.6 is 12.6 Å². The number of hydrogen-bond acceptors (Lipinski definition) is 2. The van der Waals surface area contributed by atoms with E-state index in [1.807, 2.05) is 0 Å². The molecular weight excluding hydrogens is 196 g/mol. The predicted octanol–water partition coefficient (Wildman–Crippen LogP) is 1.96. The van der Waals surface area contributed by atoms with E-state index in [0.717, 1.165) is 32.1 Å². The fraction of sp³-hybridized carbons (Fsp3) is 0.875. The molecule has 13 heavy (non-hydrogen) atoms. The largest absolute Gasteiger partial charge is 0.367 e. The van der Waals surface area contributed by atoms with Crippen LogP contribution < -0.4 is 5.32 Å². The molecule has 1 aliphatic carbocycles. The van der Waals surface area contributed by atoms with Crippen LogP contribution in [0.15, 0.2) is 0 Å². The molecule has 1 amide bonds. The average Bonchev–Trinajstić information content (AvgIpc) is 2.04. The van der Waals surface area contributed by atoms with Gasteiger partial charge in [0.05, 0.1) is 0 Å². The highest BCUT2D eigenvalue weighted by Crippen LogP contribution is 2.21. The quantitative estimate of drug-likeness (QED) is 0.669. The molecule has 0 spiro atoms. The Morgan fingerprint density at radius 1 is 1.31 bits per heavy atom. The Hall–Kier alpha value is -0.320. The van der Waals surface area contributed by atoms with E-state index in [4.69, 9.17) is 0 Å². The van der Waals surface area contributed by atoms with Gasteiger partial charge in [-0.2, -0.15) is 8.78 Å². The summed E-state index contributed by atoms with van der Waals surface area (Å²) < 4.78 is 24.6. The van der Waals surface area contributed by atoms with Crippen molar-refractivity contribution in [1.29, 1.82) is 0 Å². The summed E-state index contributed by atoms with van der Waals surface area (Å²) in [6.07, 6.45) is 4.74. The molecule has 0 atom stereocenters. The van der Waals surface area contributed by atoms with Crippen LogP contribution in [0.25, 0.3) is 0 Å². The van der Waals surface area contributed by atoms with Crippen molar-refractivity contribution in [3.63, 3.8) is 0 Å². The molecule has 1 rings (SSSR count). The summed E-state index contributed by atoms with van der Waals surface area (Å²) in [7, 11) is 0. The predicted molar refractivity (Wildman–Crippen MR) is 48.9 cm³/mol. The number of hydrogen-bond donors (Lipinski definition) is 2. The molecule has 2 nitrogen and oxygen atoms in total. The first-order chi connectivity index (χ1) is 6.00. The number of rotatable bonds is 2. The first-order valence-electron chi connectivity index (χ1n) is 4.41. The van der Waals surface area contributed by atoms with Crippen LogP contribution in [0, 0.1) is 0 Å². The van der Waals surface area contributed by atoms with Crippen molar-refractivity contribution in [1.82, 2.24) is 5.32 Å². The molecule has 0 heterocycles. The van der Waals surface area contributed by atoms with Crippen molar-refractivity contribution in [2.45, 2.75) is 43.4 Å². The Kier molecular flexibility index (Phi) is 3.53. The average molecular weight is 209 g/mol. The highest BCUT2D eigenvalue weighted by molar-refractivity contribution is 7.82. The Labute approximate surface area is 81.5 Å². The molecule has 0 aromatic carbocycles. The topological polar surface area (TPSA) is 29.1 Å². The summed E-state index contributed by atoms with van der Waals surface area (Å²) in [6, 6.07) is -0.0840. The van der Waals surface area contributed by atoms with E-state index < -0.39 is 11.2 Å². The summed E-state index contributed by atoms with van der Waals surface area (Å²) in [5, 5.41) is -1.25. The molecule has 1 aliphatic rings. The van der Waals surface area contributed by atoms with Gasteiger partial charge in [0.15, 0.2) is 0 Å². The lowest BCUT2D eigenvalue weighted by Gasteiger charge is -2.23. The third-order valence-corrected chi connectivity index (χ3v) is 2.42. The first-order valence-corrected chi connectivity index (χ1v) is 4.86. The van der Waals surface area contributed by atoms with Crippen LogP contribution in [0.2, 0.25) is 0 Å². The summed E-state index contributed by atoms with van der Waals surface area (Å²) in [4.78, 5) is 10.8. The van der Waals surface area contributed by atoms with Gasteiger partial charge in [-0.1, -0.05) is 31.9 Å². The van der Waals surface area contributed by atoms with Crippen LogP contribution in [0.3, 0.4) is 0 Å². The molecule has 0 bridgehead atoms. The number of carbonyl (C=O) groups is 1. The van der Waals surface area contributed by atoms with E-state index >= 15 is 0 Å². The van der Waals surface area contributed by atoms with Gasteiger partial charge in [0.1, 0.15) is 0 Å². The Morgan fingerprint density at radius 2 is 1.85 bits per heavy atom. The van der Waals surface area contributed by atoms with Gasteiger partial charge in [-0.15, -0.1) is 0 Å². The maximum absolute atomic E-state index is 12.3. The van der Waals surface area contributed by atoms with Gasteiger partial charge < -0.3 is 5.32 Å². The van der Waals surface area contributed by atoms with Gasteiger partial charge in [0, 0.05) is 6.04 Å². The van der Waals surface area contributed by atoms with E-state index in [0.29, 0.717) is 0 Å². The van der Waals surface area contributed by atoms with E-state index in [9.17, 15) is 13.6 Å². The second kappa shape index (κ2) is 4.26. The van der Waals surface area contributed by atoms with Crippen molar-refractivity contribution in [3.05, 3.63) is 0 Å². The lowest BCUT2D eigenvalue weighted by Crippen LogP contribution is -2.43. The van der Waals surface area contributed by atoms with Gasteiger partial charge in [-0.05, 0) is 12.8 Å². The third kappa shape index (κ3) is 3.50. The molecule has 0 aromatic rings. The molecule has 1 N–H and O–H groups in total. The maximum atomic E-state index is 12.3. The van der Waals surface area contributed by atoms with Crippen LogP contribution in [-0.4, -0.2) is 17.2 Å². The molecule has 0 radical (unpaired) electrons. The van der Waals surface area contributed by atoms with E-state index in [-0.39, 0.29) is 6.04 Å². The zero-order valence-corrected chi connectivity index (χ0v) is 8.12. The van der Waals surface area contributed by atoms with Crippen LogP contribution in [0.5, 0.6) is 0 Å². The van der Waals surface area contributed by atoms with Crippen molar-refractivity contribution in [3.8, 4) is 0 Å².